The Hall–Kier alpha value is -1.84. The van der Waals surface area contributed by atoms with Gasteiger partial charge in [0.25, 0.3) is 0 Å². The van der Waals surface area contributed by atoms with Crippen molar-refractivity contribution in [3.8, 4) is 0 Å². The van der Waals surface area contributed by atoms with Gasteiger partial charge in [0, 0.05) is 13.5 Å². The zero-order chi connectivity index (χ0) is 19.0. The van der Waals surface area contributed by atoms with Gasteiger partial charge in [-0.25, -0.2) is 0 Å². The maximum Gasteiger partial charge on any atom is 0.240 e. The molecule has 1 N–H and O–H groups in total. The molecule has 0 heterocycles. The summed E-state index contributed by atoms with van der Waals surface area (Å²) in [5.41, 5.74) is 3.13. The van der Waals surface area contributed by atoms with E-state index in [2.05, 4.69) is 52.1 Å². The Kier molecular flexibility index (Phi) is 8.67. The van der Waals surface area contributed by atoms with E-state index in [0.29, 0.717) is 6.54 Å². The highest BCUT2D eigenvalue weighted by atomic mass is 16.2. The maximum atomic E-state index is 12.4. The Labute approximate surface area is 153 Å². The van der Waals surface area contributed by atoms with Crippen LogP contribution in [0, 0.1) is 0 Å². The number of anilines is 1. The lowest BCUT2D eigenvalue weighted by Gasteiger charge is -2.29. The SMILES string of the molecule is CCCCCNC(=O)CN(C(C)=O)c1c(C(C)C)cccc1C(C)C. The molecule has 1 rings (SSSR count). The van der Waals surface area contributed by atoms with Crippen molar-refractivity contribution in [2.75, 3.05) is 18.0 Å². The summed E-state index contributed by atoms with van der Waals surface area (Å²) in [7, 11) is 0. The molecule has 0 saturated heterocycles. The third-order valence-corrected chi connectivity index (χ3v) is 4.40. The van der Waals surface area contributed by atoms with E-state index in [4.69, 9.17) is 0 Å². The van der Waals surface area contributed by atoms with Crippen LogP contribution in [0.15, 0.2) is 18.2 Å². The summed E-state index contributed by atoms with van der Waals surface area (Å²) in [5.74, 6) is 0.365. The molecular formula is C21H34N2O2. The number of amides is 2. The van der Waals surface area contributed by atoms with E-state index in [0.717, 1.165) is 36.1 Å². The number of para-hydroxylation sites is 1. The van der Waals surface area contributed by atoms with Crippen molar-refractivity contribution < 1.29 is 9.59 Å². The second-order valence-electron chi connectivity index (χ2n) is 7.26. The Bertz CT molecular complexity index is 553. The van der Waals surface area contributed by atoms with E-state index in [1.807, 2.05) is 6.07 Å². The first-order valence-corrected chi connectivity index (χ1v) is 9.47. The van der Waals surface area contributed by atoms with Crippen molar-refractivity contribution >= 4 is 17.5 Å². The Morgan fingerprint density at radius 3 is 2.04 bits per heavy atom. The van der Waals surface area contributed by atoms with E-state index in [9.17, 15) is 9.59 Å². The molecule has 4 heteroatoms. The minimum atomic E-state index is -0.0984. The van der Waals surface area contributed by atoms with Crippen LogP contribution in [-0.4, -0.2) is 24.9 Å². The molecule has 2 amide bonds. The van der Waals surface area contributed by atoms with Crippen LogP contribution in [-0.2, 0) is 9.59 Å². The fourth-order valence-corrected chi connectivity index (χ4v) is 2.97. The van der Waals surface area contributed by atoms with Crippen LogP contribution < -0.4 is 10.2 Å². The molecule has 140 valence electrons. The predicted octanol–water partition coefficient (Wildman–Crippen LogP) is 4.59. The molecule has 4 nitrogen and oxygen atoms in total. The Morgan fingerprint density at radius 1 is 1.04 bits per heavy atom. The lowest BCUT2D eigenvalue weighted by atomic mass is 9.91. The number of carbonyl (C=O) groups excluding carboxylic acids is 2. The molecular weight excluding hydrogens is 312 g/mol. The molecule has 0 unspecified atom stereocenters. The number of nitrogens with zero attached hydrogens (tertiary/aromatic N) is 1. The van der Waals surface area contributed by atoms with Crippen LogP contribution in [0.5, 0.6) is 0 Å². The number of nitrogens with one attached hydrogen (secondary N) is 1. The van der Waals surface area contributed by atoms with Gasteiger partial charge in [0.1, 0.15) is 6.54 Å². The average molecular weight is 347 g/mol. The second kappa shape index (κ2) is 10.2. The minimum Gasteiger partial charge on any atom is -0.355 e. The average Bonchev–Trinajstić information content (AvgIpc) is 2.55. The summed E-state index contributed by atoms with van der Waals surface area (Å²) in [6, 6.07) is 6.15. The fourth-order valence-electron chi connectivity index (χ4n) is 2.97. The van der Waals surface area contributed by atoms with Gasteiger partial charge in [0.15, 0.2) is 0 Å². The molecule has 1 aromatic rings. The Morgan fingerprint density at radius 2 is 1.60 bits per heavy atom. The van der Waals surface area contributed by atoms with Gasteiger partial charge in [-0.2, -0.15) is 0 Å². The molecule has 0 radical (unpaired) electrons. The summed E-state index contributed by atoms with van der Waals surface area (Å²) >= 11 is 0. The quantitative estimate of drug-likeness (QED) is 0.665. The predicted molar refractivity (Wildman–Crippen MR) is 105 cm³/mol. The number of carbonyl (C=O) groups is 2. The maximum absolute atomic E-state index is 12.4. The topological polar surface area (TPSA) is 49.4 Å². The van der Waals surface area contributed by atoms with E-state index in [-0.39, 0.29) is 30.2 Å². The summed E-state index contributed by atoms with van der Waals surface area (Å²) in [6.07, 6.45) is 3.20. The van der Waals surface area contributed by atoms with E-state index >= 15 is 0 Å². The monoisotopic (exact) mass is 346 g/mol. The van der Waals surface area contributed by atoms with E-state index < -0.39 is 0 Å². The number of unbranched alkanes of at least 4 members (excludes halogenated alkanes) is 2. The van der Waals surface area contributed by atoms with Gasteiger partial charge in [-0.05, 0) is 29.4 Å². The standard InChI is InChI=1S/C21H34N2O2/c1-7-8-9-13-22-20(25)14-23(17(6)24)21-18(15(2)3)11-10-12-19(21)16(4)5/h10-12,15-16H,7-9,13-14H2,1-6H3,(H,22,25). The van der Waals surface area contributed by atoms with Crippen LogP contribution >= 0.6 is 0 Å². The lowest BCUT2D eigenvalue weighted by molar-refractivity contribution is -0.123. The number of rotatable bonds is 9. The molecule has 0 aromatic heterocycles. The number of hydrogen-bond donors (Lipinski definition) is 1. The lowest BCUT2D eigenvalue weighted by Crippen LogP contribution is -2.41. The largest absolute Gasteiger partial charge is 0.355 e. The molecule has 25 heavy (non-hydrogen) atoms. The van der Waals surface area contributed by atoms with E-state index in [1.165, 1.54) is 6.92 Å². The van der Waals surface area contributed by atoms with Gasteiger partial charge in [0.05, 0.1) is 5.69 Å². The summed E-state index contributed by atoms with van der Waals surface area (Å²) in [6.45, 7) is 12.9. The van der Waals surface area contributed by atoms with Gasteiger partial charge >= 0.3 is 0 Å². The van der Waals surface area contributed by atoms with Gasteiger partial charge in [0.2, 0.25) is 11.8 Å². The first-order chi connectivity index (χ1) is 11.8. The smallest absolute Gasteiger partial charge is 0.240 e. The molecule has 1 aromatic carbocycles. The number of hydrogen-bond acceptors (Lipinski definition) is 2. The highest BCUT2D eigenvalue weighted by molar-refractivity contribution is 5.99. The zero-order valence-corrected chi connectivity index (χ0v) is 16.7. The van der Waals surface area contributed by atoms with Crippen molar-refractivity contribution in [2.45, 2.75) is 72.6 Å². The zero-order valence-electron chi connectivity index (χ0n) is 16.7. The molecule has 0 aliphatic carbocycles. The summed E-state index contributed by atoms with van der Waals surface area (Å²) < 4.78 is 0. The molecule has 0 aliphatic rings. The van der Waals surface area contributed by atoms with Crippen molar-refractivity contribution in [1.82, 2.24) is 5.32 Å². The van der Waals surface area contributed by atoms with Crippen LogP contribution in [0.25, 0.3) is 0 Å². The van der Waals surface area contributed by atoms with Crippen molar-refractivity contribution in [2.24, 2.45) is 0 Å². The number of benzene rings is 1. The molecule has 0 aliphatic heterocycles. The van der Waals surface area contributed by atoms with Gasteiger partial charge < -0.3 is 10.2 Å². The van der Waals surface area contributed by atoms with Gasteiger partial charge in [-0.15, -0.1) is 0 Å². The van der Waals surface area contributed by atoms with Crippen LogP contribution in [0.2, 0.25) is 0 Å². The third-order valence-electron chi connectivity index (χ3n) is 4.40. The van der Waals surface area contributed by atoms with Gasteiger partial charge in [-0.3, -0.25) is 9.59 Å². The van der Waals surface area contributed by atoms with E-state index in [1.54, 1.807) is 4.90 Å². The van der Waals surface area contributed by atoms with Crippen molar-refractivity contribution in [1.29, 1.82) is 0 Å². The summed E-state index contributed by atoms with van der Waals surface area (Å²) in [4.78, 5) is 26.3. The Balaban J connectivity index is 3.10. The second-order valence-corrected chi connectivity index (χ2v) is 7.26. The first-order valence-electron chi connectivity index (χ1n) is 9.47. The van der Waals surface area contributed by atoms with Crippen LogP contribution in [0.1, 0.15) is 83.8 Å². The highest BCUT2D eigenvalue weighted by Crippen LogP contribution is 2.35. The van der Waals surface area contributed by atoms with Gasteiger partial charge in [-0.1, -0.05) is 65.7 Å². The molecule has 0 spiro atoms. The molecule has 0 bridgehead atoms. The first kappa shape index (κ1) is 21.2. The third kappa shape index (κ3) is 6.18. The minimum absolute atomic E-state index is 0.0743. The highest BCUT2D eigenvalue weighted by Gasteiger charge is 2.23. The molecule has 0 saturated carbocycles. The molecule has 0 fully saturated rings. The normalized spacial score (nSPS) is 11.0. The fraction of sp³-hybridized carbons (Fsp3) is 0.619. The van der Waals surface area contributed by atoms with Crippen LogP contribution in [0.3, 0.4) is 0 Å². The molecule has 0 atom stereocenters. The van der Waals surface area contributed by atoms with Crippen molar-refractivity contribution in [3.05, 3.63) is 29.3 Å². The summed E-state index contributed by atoms with van der Waals surface area (Å²) in [5, 5.41) is 2.94. The van der Waals surface area contributed by atoms with Crippen LogP contribution in [0.4, 0.5) is 5.69 Å². The van der Waals surface area contributed by atoms with Crippen molar-refractivity contribution in [3.63, 3.8) is 0 Å².